The number of allylic oxidation sites excluding steroid dienone is 6. The minimum atomic E-state index is 1.03. The maximum absolute atomic E-state index is 4.21. The molecule has 0 bridgehead atoms. The molecule has 0 spiro atoms. The number of hydrogen-bond acceptors (Lipinski definition) is 2. The van der Waals surface area contributed by atoms with E-state index in [0.717, 1.165) is 9.81 Å². The van der Waals surface area contributed by atoms with Crippen LogP contribution in [0.1, 0.15) is 27.7 Å². The van der Waals surface area contributed by atoms with Gasteiger partial charge in [0.25, 0.3) is 0 Å². The van der Waals surface area contributed by atoms with Crippen molar-refractivity contribution in [2.45, 2.75) is 27.7 Å². The molecule has 0 nitrogen and oxygen atoms in total. The molecule has 0 aromatic rings. The summed E-state index contributed by atoms with van der Waals surface area (Å²) in [6.45, 7) is 8.08. The van der Waals surface area contributed by atoms with Gasteiger partial charge in [-0.05, 0) is 48.7 Å². The Morgan fingerprint density at radius 3 is 1.17 bits per heavy atom. The number of hydrogen-bond donors (Lipinski definition) is 2. The van der Waals surface area contributed by atoms with Gasteiger partial charge in [0.1, 0.15) is 0 Å². The fourth-order valence-corrected chi connectivity index (χ4v) is 1.24. The third-order valence-electron chi connectivity index (χ3n) is 1.47. The van der Waals surface area contributed by atoms with Crippen molar-refractivity contribution in [1.29, 1.82) is 0 Å². The van der Waals surface area contributed by atoms with Gasteiger partial charge in [0, 0.05) is 0 Å². The van der Waals surface area contributed by atoms with Crippen molar-refractivity contribution < 1.29 is 0 Å². The van der Waals surface area contributed by atoms with Crippen LogP contribution in [0.3, 0.4) is 0 Å². The average Bonchev–Trinajstić information content (AvgIpc) is 1.84. The maximum Gasteiger partial charge on any atom is -0.0213 e. The van der Waals surface area contributed by atoms with Gasteiger partial charge in [0.05, 0.1) is 0 Å². The van der Waals surface area contributed by atoms with Gasteiger partial charge in [-0.3, -0.25) is 0 Å². The summed E-state index contributed by atoms with van der Waals surface area (Å²) in [6.07, 6.45) is 4.09. The third-order valence-corrected chi connectivity index (χ3v) is 1.73. The molecular weight excluding hydrogens is 184 g/mol. The minimum absolute atomic E-state index is 1.03. The monoisotopic (exact) mass is 200 g/mol. The summed E-state index contributed by atoms with van der Waals surface area (Å²) in [5.74, 6) is 0. The molecule has 2 heteroatoms. The molecule has 0 atom stereocenters. The van der Waals surface area contributed by atoms with Crippen LogP contribution in [0.25, 0.3) is 0 Å². The molecule has 0 aliphatic heterocycles. The predicted molar refractivity (Wildman–Crippen MR) is 63.9 cm³/mol. The van der Waals surface area contributed by atoms with E-state index in [2.05, 4.69) is 39.1 Å². The van der Waals surface area contributed by atoms with Gasteiger partial charge in [0.15, 0.2) is 0 Å². The standard InChI is InChI=1S/C10H16S2/c1-7(5-9(3)11)8(2)6-10(4)12/h5-6,11-12H,1-4H3/b8-7+,9-5-,10-6-. The highest BCUT2D eigenvalue weighted by Gasteiger charge is 1.90. The predicted octanol–water partition coefficient (Wildman–Crippen LogP) is 3.99. The van der Waals surface area contributed by atoms with Crippen LogP contribution in [0.15, 0.2) is 33.1 Å². The Kier molecular flexibility index (Phi) is 5.51. The first-order valence-corrected chi connectivity index (χ1v) is 4.75. The molecule has 0 rings (SSSR count). The summed E-state index contributed by atoms with van der Waals surface area (Å²) < 4.78 is 0. The molecule has 68 valence electrons. The van der Waals surface area contributed by atoms with Crippen LogP contribution in [0.5, 0.6) is 0 Å². The summed E-state index contributed by atoms with van der Waals surface area (Å²) >= 11 is 8.42. The second-order valence-corrected chi connectivity index (χ2v) is 4.35. The largest absolute Gasteiger partial charge is 0.148 e. The van der Waals surface area contributed by atoms with E-state index >= 15 is 0 Å². The van der Waals surface area contributed by atoms with E-state index < -0.39 is 0 Å². The highest BCUT2D eigenvalue weighted by molar-refractivity contribution is 7.84. The molecule has 0 saturated heterocycles. The van der Waals surface area contributed by atoms with Gasteiger partial charge < -0.3 is 0 Å². The summed E-state index contributed by atoms with van der Waals surface area (Å²) in [4.78, 5) is 2.05. The Hall–Kier alpha value is -0.0800. The fourth-order valence-electron chi connectivity index (χ4n) is 0.854. The van der Waals surface area contributed by atoms with Crippen LogP contribution < -0.4 is 0 Å². The SMILES string of the molecule is C/C(S)=C/C(C)=C(C)/C=C(/C)S. The van der Waals surface area contributed by atoms with Crippen molar-refractivity contribution in [3.8, 4) is 0 Å². The molecule has 0 unspecified atom stereocenters. The molecule has 0 aliphatic carbocycles. The zero-order chi connectivity index (χ0) is 9.72. The van der Waals surface area contributed by atoms with Crippen LogP contribution in [-0.4, -0.2) is 0 Å². The van der Waals surface area contributed by atoms with E-state index in [1.54, 1.807) is 0 Å². The van der Waals surface area contributed by atoms with E-state index in [1.807, 2.05) is 26.0 Å². The molecule has 0 heterocycles. The first kappa shape index (κ1) is 11.9. The molecule has 0 fully saturated rings. The van der Waals surface area contributed by atoms with Crippen molar-refractivity contribution >= 4 is 25.3 Å². The Bertz CT molecular complexity index is 211. The lowest BCUT2D eigenvalue weighted by Crippen LogP contribution is -1.77. The summed E-state index contributed by atoms with van der Waals surface area (Å²) in [6, 6.07) is 0. The highest BCUT2D eigenvalue weighted by Crippen LogP contribution is 2.13. The molecular formula is C10H16S2. The zero-order valence-electron chi connectivity index (χ0n) is 8.05. The van der Waals surface area contributed by atoms with E-state index in [9.17, 15) is 0 Å². The van der Waals surface area contributed by atoms with Crippen molar-refractivity contribution in [2.24, 2.45) is 0 Å². The quantitative estimate of drug-likeness (QED) is 0.489. The van der Waals surface area contributed by atoms with Crippen LogP contribution >= 0.6 is 25.3 Å². The van der Waals surface area contributed by atoms with Gasteiger partial charge in [-0.25, -0.2) is 0 Å². The zero-order valence-corrected chi connectivity index (χ0v) is 9.84. The lowest BCUT2D eigenvalue weighted by Gasteiger charge is -1.99. The summed E-state index contributed by atoms with van der Waals surface area (Å²) in [7, 11) is 0. The molecule has 0 N–H and O–H groups in total. The molecule has 0 aromatic carbocycles. The highest BCUT2D eigenvalue weighted by atomic mass is 32.1. The number of thiol groups is 2. The van der Waals surface area contributed by atoms with Crippen molar-refractivity contribution in [3.63, 3.8) is 0 Å². The second kappa shape index (κ2) is 5.55. The topological polar surface area (TPSA) is 0 Å². The fraction of sp³-hybridized carbons (Fsp3) is 0.400. The van der Waals surface area contributed by atoms with Gasteiger partial charge in [-0.2, -0.15) is 0 Å². The normalized spacial score (nSPS) is 16.2. The van der Waals surface area contributed by atoms with Crippen LogP contribution in [-0.2, 0) is 0 Å². The Labute approximate surface area is 86.3 Å². The van der Waals surface area contributed by atoms with Gasteiger partial charge in [0.2, 0.25) is 0 Å². The maximum atomic E-state index is 4.21. The molecule has 0 amide bonds. The molecule has 0 saturated carbocycles. The Morgan fingerprint density at radius 1 is 0.750 bits per heavy atom. The molecule has 0 aromatic heterocycles. The first-order valence-electron chi connectivity index (χ1n) is 3.85. The van der Waals surface area contributed by atoms with Crippen molar-refractivity contribution in [1.82, 2.24) is 0 Å². The van der Waals surface area contributed by atoms with Crippen LogP contribution in [0.2, 0.25) is 0 Å². The smallest absolute Gasteiger partial charge is 0.0213 e. The van der Waals surface area contributed by atoms with E-state index in [1.165, 1.54) is 11.1 Å². The lowest BCUT2D eigenvalue weighted by atomic mass is 10.1. The van der Waals surface area contributed by atoms with Crippen molar-refractivity contribution in [3.05, 3.63) is 33.1 Å². The van der Waals surface area contributed by atoms with E-state index in [0.29, 0.717) is 0 Å². The minimum Gasteiger partial charge on any atom is -0.148 e. The van der Waals surface area contributed by atoms with E-state index in [4.69, 9.17) is 0 Å². The van der Waals surface area contributed by atoms with Crippen molar-refractivity contribution in [2.75, 3.05) is 0 Å². The average molecular weight is 200 g/mol. The molecule has 0 radical (unpaired) electrons. The Morgan fingerprint density at radius 2 is 1.00 bits per heavy atom. The van der Waals surface area contributed by atoms with Gasteiger partial charge in [-0.15, -0.1) is 25.3 Å². The summed E-state index contributed by atoms with van der Waals surface area (Å²) in [5.41, 5.74) is 2.46. The molecule has 12 heavy (non-hydrogen) atoms. The third kappa shape index (κ3) is 5.56. The number of rotatable bonds is 2. The Balaban J connectivity index is 4.71. The van der Waals surface area contributed by atoms with Gasteiger partial charge >= 0.3 is 0 Å². The molecule has 0 aliphatic rings. The van der Waals surface area contributed by atoms with E-state index in [-0.39, 0.29) is 0 Å². The van der Waals surface area contributed by atoms with Gasteiger partial charge in [-0.1, -0.05) is 12.2 Å². The first-order chi connectivity index (χ1) is 5.43. The lowest BCUT2D eigenvalue weighted by molar-refractivity contribution is 1.35. The van der Waals surface area contributed by atoms with Crippen LogP contribution in [0, 0.1) is 0 Å². The second-order valence-electron chi connectivity index (χ2n) is 2.94. The summed E-state index contributed by atoms with van der Waals surface area (Å²) in [5, 5.41) is 0. The van der Waals surface area contributed by atoms with Crippen LogP contribution in [0.4, 0.5) is 0 Å².